The molecule has 1 amide bonds. The molecule has 0 saturated carbocycles. The molecule has 94 valence electrons. The van der Waals surface area contributed by atoms with Crippen molar-refractivity contribution in [3.05, 3.63) is 11.3 Å². The predicted molar refractivity (Wildman–Crippen MR) is 70.4 cm³/mol. The van der Waals surface area contributed by atoms with Crippen molar-refractivity contribution in [1.29, 1.82) is 0 Å². The van der Waals surface area contributed by atoms with E-state index in [9.17, 15) is 4.79 Å². The zero-order valence-corrected chi connectivity index (χ0v) is 11.0. The van der Waals surface area contributed by atoms with Gasteiger partial charge < -0.3 is 10.6 Å². The molecule has 2 heterocycles. The summed E-state index contributed by atoms with van der Waals surface area (Å²) in [6.45, 7) is 4.88. The average molecular weight is 254 g/mol. The van der Waals surface area contributed by atoms with Crippen LogP contribution in [0.4, 0.5) is 5.82 Å². The molecule has 0 aliphatic carbocycles. The molecule has 0 spiro atoms. The van der Waals surface area contributed by atoms with Gasteiger partial charge in [0.2, 0.25) is 5.91 Å². The van der Waals surface area contributed by atoms with E-state index in [0.717, 1.165) is 29.3 Å². The Morgan fingerprint density at radius 2 is 2.41 bits per heavy atom. The van der Waals surface area contributed by atoms with E-state index in [-0.39, 0.29) is 11.9 Å². The Hall–Kier alpha value is -1.01. The fraction of sp³-hybridized carbons (Fsp3) is 0.636. The number of nitrogens with zero attached hydrogens (tertiary/aromatic N) is 1. The summed E-state index contributed by atoms with van der Waals surface area (Å²) >= 11 is 1.89. The Kier molecular flexibility index (Phi) is 4.06. The quantitative estimate of drug-likeness (QED) is 0.754. The molecule has 1 saturated heterocycles. The van der Waals surface area contributed by atoms with Crippen molar-refractivity contribution < 1.29 is 4.79 Å². The number of amides is 1. The first-order valence-electron chi connectivity index (χ1n) is 5.79. The summed E-state index contributed by atoms with van der Waals surface area (Å²) in [4.78, 5) is 11.8. The third-order valence-corrected chi connectivity index (χ3v) is 4.07. The summed E-state index contributed by atoms with van der Waals surface area (Å²) in [5.41, 5.74) is 2.00. The highest BCUT2D eigenvalue weighted by Gasteiger charge is 2.17. The number of aryl methyl sites for hydroxylation is 1. The van der Waals surface area contributed by atoms with E-state index < -0.39 is 0 Å². The maximum Gasteiger partial charge on any atom is 0.227 e. The summed E-state index contributed by atoms with van der Waals surface area (Å²) in [6, 6.07) is 0.286. The molecule has 2 rings (SSSR count). The lowest BCUT2D eigenvalue weighted by atomic mass is 10.2. The van der Waals surface area contributed by atoms with Crippen LogP contribution in [0.25, 0.3) is 0 Å². The van der Waals surface area contributed by atoms with Gasteiger partial charge >= 0.3 is 0 Å². The molecule has 1 aliphatic rings. The minimum Gasteiger partial charge on any atom is -0.312 e. The van der Waals surface area contributed by atoms with Crippen LogP contribution < -0.4 is 10.6 Å². The topological polar surface area (TPSA) is 69.8 Å². The first-order chi connectivity index (χ1) is 8.16. The Balaban J connectivity index is 1.86. The summed E-state index contributed by atoms with van der Waals surface area (Å²) in [7, 11) is 0. The number of aromatic nitrogens is 2. The molecule has 1 aromatic rings. The van der Waals surface area contributed by atoms with Crippen LogP contribution in [0.3, 0.4) is 0 Å². The lowest BCUT2D eigenvalue weighted by Crippen LogP contribution is -2.40. The van der Waals surface area contributed by atoms with Gasteiger partial charge in [-0.3, -0.25) is 9.89 Å². The number of carbonyl (C=O) groups is 1. The Morgan fingerprint density at radius 3 is 3.00 bits per heavy atom. The van der Waals surface area contributed by atoms with Gasteiger partial charge in [-0.2, -0.15) is 16.9 Å². The van der Waals surface area contributed by atoms with Crippen LogP contribution in [-0.2, 0) is 4.79 Å². The zero-order valence-electron chi connectivity index (χ0n) is 10.2. The molecule has 0 bridgehead atoms. The second-order valence-corrected chi connectivity index (χ2v) is 5.45. The summed E-state index contributed by atoms with van der Waals surface area (Å²) in [5.74, 6) is 2.82. The predicted octanol–water partition coefficient (Wildman–Crippen LogP) is 1.06. The summed E-state index contributed by atoms with van der Waals surface area (Å²) in [6.07, 6.45) is 0.512. The number of rotatable bonds is 3. The SMILES string of the molecule is Cc1[nH]nc(NC(=O)CC2CSCCN2)c1C. The normalized spacial score (nSPS) is 20.2. The zero-order chi connectivity index (χ0) is 12.3. The third kappa shape index (κ3) is 3.23. The third-order valence-electron chi connectivity index (χ3n) is 2.94. The highest BCUT2D eigenvalue weighted by atomic mass is 32.2. The second kappa shape index (κ2) is 5.55. The van der Waals surface area contributed by atoms with Gasteiger partial charge in [0, 0.05) is 41.8 Å². The van der Waals surface area contributed by atoms with Crippen molar-refractivity contribution in [2.75, 3.05) is 23.4 Å². The molecular formula is C11H18N4OS. The molecule has 0 radical (unpaired) electrons. The first kappa shape index (κ1) is 12.4. The van der Waals surface area contributed by atoms with Crippen LogP contribution in [0.1, 0.15) is 17.7 Å². The van der Waals surface area contributed by atoms with E-state index in [0.29, 0.717) is 12.2 Å². The van der Waals surface area contributed by atoms with Gasteiger partial charge in [-0.1, -0.05) is 0 Å². The number of anilines is 1. The monoisotopic (exact) mass is 254 g/mol. The number of carbonyl (C=O) groups excluding carboxylic acids is 1. The van der Waals surface area contributed by atoms with Crippen molar-refractivity contribution in [3.63, 3.8) is 0 Å². The van der Waals surface area contributed by atoms with E-state index in [4.69, 9.17) is 0 Å². The molecule has 6 heteroatoms. The Bertz CT molecular complexity index is 398. The molecule has 17 heavy (non-hydrogen) atoms. The maximum absolute atomic E-state index is 11.8. The fourth-order valence-corrected chi connectivity index (χ4v) is 2.71. The fourth-order valence-electron chi connectivity index (χ4n) is 1.76. The molecule has 1 aliphatic heterocycles. The molecule has 1 aromatic heterocycles. The van der Waals surface area contributed by atoms with Crippen LogP contribution in [0.5, 0.6) is 0 Å². The number of hydrogen-bond donors (Lipinski definition) is 3. The molecule has 1 fully saturated rings. The van der Waals surface area contributed by atoms with Crippen LogP contribution in [-0.4, -0.2) is 40.2 Å². The van der Waals surface area contributed by atoms with Crippen LogP contribution >= 0.6 is 11.8 Å². The van der Waals surface area contributed by atoms with Crippen molar-refractivity contribution in [2.45, 2.75) is 26.3 Å². The molecule has 3 N–H and O–H groups in total. The largest absolute Gasteiger partial charge is 0.312 e. The van der Waals surface area contributed by atoms with E-state index in [1.165, 1.54) is 0 Å². The average Bonchev–Trinajstić information content (AvgIpc) is 2.62. The smallest absolute Gasteiger partial charge is 0.227 e. The molecule has 5 nitrogen and oxygen atoms in total. The van der Waals surface area contributed by atoms with Crippen LogP contribution in [0.15, 0.2) is 0 Å². The first-order valence-corrected chi connectivity index (χ1v) is 6.95. The van der Waals surface area contributed by atoms with E-state index >= 15 is 0 Å². The van der Waals surface area contributed by atoms with Gasteiger partial charge in [0.05, 0.1) is 0 Å². The van der Waals surface area contributed by atoms with Gasteiger partial charge in [-0.05, 0) is 13.8 Å². The number of nitrogens with one attached hydrogen (secondary N) is 3. The van der Waals surface area contributed by atoms with Crippen molar-refractivity contribution in [3.8, 4) is 0 Å². The number of H-pyrrole nitrogens is 1. The number of aromatic amines is 1. The molecular weight excluding hydrogens is 236 g/mol. The van der Waals surface area contributed by atoms with E-state index in [2.05, 4.69) is 20.8 Å². The van der Waals surface area contributed by atoms with Gasteiger partial charge in [-0.15, -0.1) is 0 Å². The standard InChI is InChI=1S/C11H18N4OS/c1-7-8(2)14-15-11(7)13-10(16)5-9-6-17-4-3-12-9/h9,12H,3-6H2,1-2H3,(H2,13,14,15,16). The Labute approximate surface area is 105 Å². The Morgan fingerprint density at radius 1 is 1.59 bits per heavy atom. The highest BCUT2D eigenvalue weighted by molar-refractivity contribution is 7.99. The minimum absolute atomic E-state index is 0.0274. The molecule has 1 atom stereocenters. The lowest BCUT2D eigenvalue weighted by molar-refractivity contribution is -0.116. The number of hydrogen-bond acceptors (Lipinski definition) is 4. The van der Waals surface area contributed by atoms with Gasteiger partial charge in [0.15, 0.2) is 5.82 Å². The molecule has 0 aromatic carbocycles. The highest BCUT2D eigenvalue weighted by Crippen LogP contribution is 2.15. The maximum atomic E-state index is 11.8. The van der Waals surface area contributed by atoms with Crippen LogP contribution in [0, 0.1) is 13.8 Å². The second-order valence-electron chi connectivity index (χ2n) is 4.30. The number of thioether (sulfide) groups is 1. The molecule has 1 unspecified atom stereocenters. The van der Waals surface area contributed by atoms with Crippen LogP contribution in [0.2, 0.25) is 0 Å². The van der Waals surface area contributed by atoms with Gasteiger partial charge in [0.25, 0.3) is 0 Å². The van der Waals surface area contributed by atoms with Crippen molar-refractivity contribution >= 4 is 23.5 Å². The minimum atomic E-state index is 0.0274. The van der Waals surface area contributed by atoms with E-state index in [1.807, 2.05) is 25.6 Å². The summed E-state index contributed by atoms with van der Waals surface area (Å²) in [5, 5.41) is 13.1. The van der Waals surface area contributed by atoms with Gasteiger partial charge in [0.1, 0.15) is 0 Å². The van der Waals surface area contributed by atoms with Crippen molar-refractivity contribution in [2.24, 2.45) is 0 Å². The van der Waals surface area contributed by atoms with Gasteiger partial charge in [-0.25, -0.2) is 0 Å². The van der Waals surface area contributed by atoms with E-state index in [1.54, 1.807) is 0 Å². The van der Waals surface area contributed by atoms with Crippen molar-refractivity contribution in [1.82, 2.24) is 15.5 Å². The lowest BCUT2D eigenvalue weighted by Gasteiger charge is -2.22. The summed E-state index contributed by atoms with van der Waals surface area (Å²) < 4.78 is 0.